The van der Waals surface area contributed by atoms with Crippen molar-refractivity contribution in [2.45, 2.75) is 32.1 Å². The fraction of sp³-hybridized carbons (Fsp3) is 0.455. The van der Waals surface area contributed by atoms with Crippen molar-refractivity contribution in [1.29, 1.82) is 5.26 Å². The van der Waals surface area contributed by atoms with Crippen LogP contribution in [0.1, 0.15) is 32.1 Å². The third-order valence-corrected chi connectivity index (χ3v) is 2.28. The molecule has 2 heteroatoms. The molecule has 0 heterocycles. The highest BCUT2D eigenvalue weighted by molar-refractivity contribution is 6.02. The average Bonchev–Trinajstić information content (AvgIpc) is 2.47. The number of unbranched alkanes of at least 4 members (excludes halogenated alkanes) is 1. The maximum absolute atomic E-state index is 11.1. The van der Waals surface area contributed by atoms with Crippen LogP contribution < -0.4 is 0 Å². The van der Waals surface area contributed by atoms with E-state index in [1.807, 2.05) is 12.1 Å². The van der Waals surface area contributed by atoms with Crippen LogP contribution in [-0.2, 0) is 4.79 Å². The summed E-state index contributed by atoms with van der Waals surface area (Å²) in [6.45, 7) is 3.63. The fourth-order valence-corrected chi connectivity index (χ4v) is 1.56. The number of carbonyl (C=O) groups is 1. The van der Waals surface area contributed by atoms with Crippen molar-refractivity contribution in [3.8, 4) is 6.07 Å². The first-order valence-electron chi connectivity index (χ1n) is 4.55. The van der Waals surface area contributed by atoms with Crippen LogP contribution in [0.25, 0.3) is 0 Å². The lowest BCUT2D eigenvalue weighted by Gasteiger charge is -1.98. The molecule has 0 unspecified atom stereocenters. The molecule has 0 amide bonds. The molecule has 0 aromatic rings. The second kappa shape index (κ2) is 4.61. The van der Waals surface area contributed by atoms with Gasteiger partial charge in [0.1, 0.15) is 6.07 Å². The summed E-state index contributed by atoms with van der Waals surface area (Å²) in [6.07, 6.45) is 6.02. The molecular formula is C11H13NO. The lowest BCUT2D eigenvalue weighted by atomic mass is 10.1. The van der Waals surface area contributed by atoms with Crippen LogP contribution in [0.4, 0.5) is 0 Å². The summed E-state index contributed by atoms with van der Waals surface area (Å²) in [6, 6.07) is 1.99. The van der Waals surface area contributed by atoms with E-state index in [9.17, 15) is 4.79 Å². The molecule has 0 saturated heterocycles. The molecule has 13 heavy (non-hydrogen) atoms. The summed E-state index contributed by atoms with van der Waals surface area (Å²) < 4.78 is 0. The van der Waals surface area contributed by atoms with Gasteiger partial charge in [-0.05, 0) is 31.3 Å². The maximum atomic E-state index is 11.1. The molecule has 0 aliphatic heterocycles. The number of hydrogen-bond donors (Lipinski definition) is 0. The Balaban J connectivity index is 2.57. The van der Waals surface area contributed by atoms with Gasteiger partial charge in [-0.3, -0.25) is 4.79 Å². The Morgan fingerprint density at radius 3 is 2.92 bits per heavy atom. The summed E-state index contributed by atoms with van der Waals surface area (Å²) >= 11 is 0. The van der Waals surface area contributed by atoms with Crippen LogP contribution in [0.5, 0.6) is 0 Å². The van der Waals surface area contributed by atoms with E-state index in [1.54, 1.807) is 0 Å². The van der Waals surface area contributed by atoms with Crippen LogP contribution in [0.2, 0.25) is 0 Å². The Morgan fingerprint density at radius 1 is 1.54 bits per heavy atom. The zero-order valence-corrected chi connectivity index (χ0v) is 7.68. The molecule has 0 N–H and O–H groups in total. The van der Waals surface area contributed by atoms with Gasteiger partial charge in [0.2, 0.25) is 0 Å². The smallest absolute Gasteiger partial charge is 0.173 e. The van der Waals surface area contributed by atoms with Crippen molar-refractivity contribution in [2.75, 3.05) is 0 Å². The normalized spacial score (nSPS) is 16.1. The van der Waals surface area contributed by atoms with E-state index in [0.717, 1.165) is 31.3 Å². The van der Waals surface area contributed by atoms with Crippen molar-refractivity contribution in [2.24, 2.45) is 0 Å². The van der Waals surface area contributed by atoms with Crippen LogP contribution in [-0.4, -0.2) is 5.78 Å². The van der Waals surface area contributed by atoms with Gasteiger partial charge in [-0.25, -0.2) is 0 Å². The van der Waals surface area contributed by atoms with E-state index in [-0.39, 0.29) is 5.78 Å². The Morgan fingerprint density at radius 2 is 2.31 bits per heavy atom. The van der Waals surface area contributed by atoms with Gasteiger partial charge in [-0.15, -0.1) is 6.58 Å². The van der Waals surface area contributed by atoms with E-state index < -0.39 is 0 Å². The van der Waals surface area contributed by atoms with Gasteiger partial charge in [-0.2, -0.15) is 5.26 Å². The summed E-state index contributed by atoms with van der Waals surface area (Å²) in [7, 11) is 0. The lowest BCUT2D eigenvalue weighted by molar-refractivity contribution is -0.114. The second-order valence-electron chi connectivity index (χ2n) is 3.19. The first kappa shape index (κ1) is 9.73. The summed E-state index contributed by atoms with van der Waals surface area (Å²) in [4.78, 5) is 11.1. The molecule has 0 spiro atoms. The van der Waals surface area contributed by atoms with Crippen molar-refractivity contribution in [3.63, 3.8) is 0 Å². The van der Waals surface area contributed by atoms with Gasteiger partial charge < -0.3 is 0 Å². The first-order chi connectivity index (χ1) is 6.29. The number of allylic oxidation sites excluding steroid dienone is 3. The molecule has 0 aromatic carbocycles. The average molecular weight is 175 g/mol. The fourth-order valence-electron chi connectivity index (χ4n) is 1.56. The minimum atomic E-state index is 0.0242. The highest BCUT2D eigenvalue weighted by atomic mass is 16.1. The third kappa shape index (κ3) is 2.29. The van der Waals surface area contributed by atoms with Gasteiger partial charge in [0.15, 0.2) is 5.78 Å². The lowest BCUT2D eigenvalue weighted by Crippen LogP contribution is -1.92. The number of ketones is 1. The zero-order chi connectivity index (χ0) is 9.68. The molecule has 0 aromatic heterocycles. The molecule has 0 saturated carbocycles. The quantitative estimate of drug-likeness (QED) is 0.486. The minimum absolute atomic E-state index is 0.0242. The molecule has 1 aliphatic rings. The van der Waals surface area contributed by atoms with Crippen LogP contribution in [0, 0.1) is 11.3 Å². The zero-order valence-electron chi connectivity index (χ0n) is 7.68. The van der Waals surface area contributed by atoms with Crippen LogP contribution in [0.3, 0.4) is 0 Å². The molecule has 0 bridgehead atoms. The number of nitriles is 1. The maximum Gasteiger partial charge on any atom is 0.173 e. The number of rotatable bonds is 4. The predicted molar refractivity (Wildman–Crippen MR) is 50.9 cm³/mol. The molecule has 1 aliphatic carbocycles. The van der Waals surface area contributed by atoms with Crippen LogP contribution >= 0.6 is 0 Å². The van der Waals surface area contributed by atoms with E-state index in [2.05, 4.69) is 6.58 Å². The Kier molecular flexibility index (Phi) is 3.45. The Bertz CT molecular complexity index is 294. The highest BCUT2D eigenvalue weighted by Crippen LogP contribution is 2.26. The molecule has 0 atom stereocenters. The monoisotopic (exact) mass is 175 g/mol. The van der Waals surface area contributed by atoms with E-state index in [0.29, 0.717) is 12.0 Å². The predicted octanol–water partition coefficient (Wildman–Crippen LogP) is 2.53. The molecule has 68 valence electrons. The third-order valence-electron chi connectivity index (χ3n) is 2.28. The van der Waals surface area contributed by atoms with Crippen molar-refractivity contribution >= 4 is 5.78 Å². The Hall–Kier alpha value is -1.36. The van der Waals surface area contributed by atoms with Crippen molar-refractivity contribution in [3.05, 3.63) is 23.8 Å². The number of nitrogens with zero attached hydrogens (tertiary/aromatic N) is 1. The van der Waals surface area contributed by atoms with Crippen molar-refractivity contribution in [1.82, 2.24) is 0 Å². The molecular weight excluding hydrogens is 162 g/mol. The summed E-state index contributed by atoms with van der Waals surface area (Å²) in [5.41, 5.74) is 1.47. The van der Waals surface area contributed by atoms with Crippen molar-refractivity contribution < 1.29 is 4.79 Å². The van der Waals surface area contributed by atoms with Gasteiger partial charge >= 0.3 is 0 Å². The molecule has 1 rings (SSSR count). The van der Waals surface area contributed by atoms with Gasteiger partial charge in [0, 0.05) is 6.42 Å². The second-order valence-corrected chi connectivity index (χ2v) is 3.19. The van der Waals surface area contributed by atoms with Gasteiger partial charge in [0.05, 0.1) is 5.57 Å². The number of Topliss-reactive ketones (excluding diaryl/α,β-unsaturated/α-hetero) is 1. The van der Waals surface area contributed by atoms with Gasteiger partial charge in [-0.1, -0.05) is 6.08 Å². The van der Waals surface area contributed by atoms with Gasteiger partial charge in [0.25, 0.3) is 0 Å². The van der Waals surface area contributed by atoms with E-state index >= 15 is 0 Å². The van der Waals surface area contributed by atoms with Crippen LogP contribution in [0.15, 0.2) is 23.8 Å². The Labute approximate surface area is 78.6 Å². The minimum Gasteiger partial charge on any atom is -0.293 e. The number of hydrogen-bond acceptors (Lipinski definition) is 2. The molecule has 0 fully saturated rings. The summed E-state index contributed by atoms with van der Waals surface area (Å²) in [5, 5.41) is 8.71. The first-order valence-corrected chi connectivity index (χ1v) is 4.55. The molecule has 2 nitrogen and oxygen atoms in total. The summed E-state index contributed by atoms with van der Waals surface area (Å²) in [5.74, 6) is 0.0242. The van der Waals surface area contributed by atoms with E-state index in [1.165, 1.54) is 0 Å². The largest absolute Gasteiger partial charge is 0.293 e. The standard InChI is InChI=1S/C11H13NO/c1-2-3-4-5-9-6-7-11(13)10(9)8-12/h2H,1,3-7H2. The number of carbonyl (C=O) groups excluding carboxylic acids is 1. The van der Waals surface area contributed by atoms with E-state index in [4.69, 9.17) is 5.26 Å². The SMILES string of the molecule is C=CCCCC1=C(C#N)C(=O)CC1. The topological polar surface area (TPSA) is 40.9 Å². The molecule has 0 radical (unpaired) electrons. The highest BCUT2D eigenvalue weighted by Gasteiger charge is 2.21.